The van der Waals surface area contributed by atoms with E-state index in [1.54, 1.807) is 13.3 Å². The van der Waals surface area contributed by atoms with Gasteiger partial charge in [0.15, 0.2) is 0 Å². The number of ether oxygens (including phenoxy) is 1. The van der Waals surface area contributed by atoms with Crippen LogP contribution >= 0.6 is 0 Å². The summed E-state index contributed by atoms with van der Waals surface area (Å²) in [5.74, 6) is 1.24. The lowest BCUT2D eigenvalue weighted by Gasteiger charge is -2.07. The van der Waals surface area contributed by atoms with Gasteiger partial charge in [-0.15, -0.1) is 5.10 Å². The number of benzene rings is 3. The van der Waals surface area contributed by atoms with Crippen molar-refractivity contribution in [3.63, 3.8) is 0 Å². The van der Waals surface area contributed by atoms with Crippen LogP contribution in [0.15, 0.2) is 79.0 Å². The molecule has 0 radical (unpaired) electrons. The molecule has 2 heterocycles. The van der Waals surface area contributed by atoms with Crippen molar-refractivity contribution in [3.05, 3.63) is 84.7 Å². The van der Waals surface area contributed by atoms with Gasteiger partial charge < -0.3 is 10.1 Å². The Kier molecular flexibility index (Phi) is 4.98. The average Bonchev–Trinajstić information content (AvgIpc) is 3.31. The van der Waals surface area contributed by atoms with Crippen molar-refractivity contribution in [2.75, 3.05) is 12.4 Å². The summed E-state index contributed by atoms with van der Waals surface area (Å²) in [6.45, 7) is 0.489. The summed E-state index contributed by atoms with van der Waals surface area (Å²) in [5.41, 5.74) is 4.45. The van der Waals surface area contributed by atoms with Crippen LogP contribution in [0.4, 0.5) is 5.95 Å². The Labute approximate surface area is 179 Å². The zero-order valence-corrected chi connectivity index (χ0v) is 16.9. The van der Waals surface area contributed by atoms with Crippen molar-refractivity contribution < 1.29 is 4.74 Å². The average molecular weight is 408 g/mol. The Balaban J connectivity index is 1.36. The number of hydrogen-bond acceptors (Lipinski definition) is 6. The van der Waals surface area contributed by atoms with Crippen LogP contribution in [0, 0.1) is 0 Å². The Hall–Kier alpha value is -4.26. The fourth-order valence-electron chi connectivity index (χ4n) is 3.58. The van der Waals surface area contributed by atoms with Crippen LogP contribution in [-0.2, 0) is 6.54 Å². The van der Waals surface area contributed by atoms with Gasteiger partial charge in [0.1, 0.15) is 5.75 Å². The van der Waals surface area contributed by atoms with Gasteiger partial charge in [0.2, 0.25) is 5.95 Å². The summed E-state index contributed by atoms with van der Waals surface area (Å²) in [4.78, 5) is 4.66. The molecule has 0 aliphatic heterocycles. The van der Waals surface area contributed by atoms with Gasteiger partial charge in [-0.1, -0.05) is 54.6 Å². The van der Waals surface area contributed by atoms with E-state index >= 15 is 0 Å². The molecular formula is C24H20N6O. The van der Waals surface area contributed by atoms with Gasteiger partial charge in [0.05, 0.1) is 36.9 Å². The van der Waals surface area contributed by atoms with Crippen molar-refractivity contribution in [2.24, 2.45) is 0 Å². The molecule has 5 aromatic rings. The Bertz CT molecular complexity index is 1340. The standard InChI is InChI=1S/C24H20N6O/c1-31-23-12-5-4-10-20(23)21-13-17(28-29-21)14-25-24-27-22(15-26-30-24)19-11-6-8-16-7-2-3-9-18(16)19/h2-13,15H,14H2,1H3,(H,28,29)(H,25,27,30). The summed E-state index contributed by atoms with van der Waals surface area (Å²) in [6.07, 6.45) is 1.68. The summed E-state index contributed by atoms with van der Waals surface area (Å²) in [7, 11) is 1.65. The monoisotopic (exact) mass is 408 g/mol. The van der Waals surface area contributed by atoms with Gasteiger partial charge in [-0.2, -0.15) is 10.2 Å². The van der Waals surface area contributed by atoms with Crippen LogP contribution < -0.4 is 10.1 Å². The van der Waals surface area contributed by atoms with Crippen LogP contribution in [0.3, 0.4) is 0 Å². The lowest BCUT2D eigenvalue weighted by atomic mass is 10.0. The maximum atomic E-state index is 5.43. The molecule has 31 heavy (non-hydrogen) atoms. The molecule has 0 saturated carbocycles. The zero-order valence-electron chi connectivity index (χ0n) is 16.9. The second-order valence-electron chi connectivity index (χ2n) is 7.02. The summed E-state index contributed by atoms with van der Waals surface area (Å²) in [5, 5.41) is 21.2. The molecule has 0 saturated heterocycles. The molecule has 152 valence electrons. The fourth-order valence-corrected chi connectivity index (χ4v) is 3.58. The van der Waals surface area contributed by atoms with Crippen molar-refractivity contribution in [1.82, 2.24) is 25.4 Å². The first-order chi connectivity index (χ1) is 15.3. The first-order valence-corrected chi connectivity index (χ1v) is 9.91. The van der Waals surface area contributed by atoms with Crippen molar-refractivity contribution in [1.29, 1.82) is 0 Å². The van der Waals surface area contributed by atoms with Crippen LogP contribution in [-0.4, -0.2) is 32.5 Å². The summed E-state index contributed by atoms with van der Waals surface area (Å²) < 4.78 is 5.43. The molecule has 5 rings (SSSR count). The molecule has 0 spiro atoms. The summed E-state index contributed by atoms with van der Waals surface area (Å²) >= 11 is 0. The molecule has 0 bridgehead atoms. The van der Waals surface area contributed by atoms with E-state index in [4.69, 9.17) is 4.74 Å². The van der Waals surface area contributed by atoms with Crippen molar-refractivity contribution >= 4 is 16.7 Å². The van der Waals surface area contributed by atoms with E-state index in [2.05, 4.69) is 48.9 Å². The molecule has 2 aromatic heterocycles. The van der Waals surface area contributed by atoms with Crippen LogP contribution in [0.25, 0.3) is 33.3 Å². The maximum Gasteiger partial charge on any atom is 0.243 e. The predicted octanol–water partition coefficient (Wildman–Crippen LogP) is 4.70. The lowest BCUT2D eigenvalue weighted by molar-refractivity contribution is 0.416. The highest BCUT2D eigenvalue weighted by Gasteiger charge is 2.10. The molecule has 0 fully saturated rings. The van der Waals surface area contributed by atoms with Gasteiger partial charge in [-0.3, -0.25) is 5.10 Å². The van der Waals surface area contributed by atoms with Crippen molar-refractivity contribution in [3.8, 4) is 28.3 Å². The van der Waals surface area contributed by atoms with E-state index in [0.29, 0.717) is 12.5 Å². The number of aromatic nitrogens is 5. The number of rotatable bonds is 6. The summed E-state index contributed by atoms with van der Waals surface area (Å²) in [6, 6.07) is 24.2. The van der Waals surface area contributed by atoms with Crippen molar-refractivity contribution in [2.45, 2.75) is 6.54 Å². The second-order valence-corrected chi connectivity index (χ2v) is 7.02. The number of para-hydroxylation sites is 1. The highest BCUT2D eigenvalue weighted by atomic mass is 16.5. The number of hydrogen-bond donors (Lipinski definition) is 2. The number of aromatic amines is 1. The van der Waals surface area contributed by atoms with Gasteiger partial charge in [0.25, 0.3) is 0 Å². The SMILES string of the molecule is COc1ccccc1-c1cc(CNc2nncc(-c3cccc4ccccc34)n2)[nH]n1. The Morgan fingerprint density at radius 3 is 2.65 bits per heavy atom. The predicted molar refractivity (Wildman–Crippen MR) is 121 cm³/mol. The van der Waals surface area contributed by atoms with Gasteiger partial charge in [-0.05, 0) is 29.0 Å². The quantitative estimate of drug-likeness (QED) is 0.423. The molecule has 0 unspecified atom stereocenters. The first kappa shape index (κ1) is 18.7. The highest BCUT2D eigenvalue weighted by molar-refractivity contribution is 5.95. The molecule has 0 aliphatic carbocycles. The number of anilines is 1. The van der Waals surface area contributed by atoms with Gasteiger partial charge >= 0.3 is 0 Å². The third-order valence-electron chi connectivity index (χ3n) is 5.08. The largest absolute Gasteiger partial charge is 0.496 e. The van der Waals surface area contributed by atoms with Crippen LogP contribution in [0.1, 0.15) is 5.69 Å². The zero-order chi connectivity index (χ0) is 21.0. The van der Waals surface area contributed by atoms with E-state index in [1.165, 1.54) is 0 Å². The number of methoxy groups -OCH3 is 1. The minimum atomic E-state index is 0.457. The molecule has 7 nitrogen and oxygen atoms in total. The normalized spacial score (nSPS) is 10.9. The van der Waals surface area contributed by atoms with E-state index in [0.717, 1.165) is 44.7 Å². The fraction of sp³-hybridized carbons (Fsp3) is 0.0833. The van der Waals surface area contributed by atoms with E-state index in [-0.39, 0.29) is 0 Å². The number of H-pyrrole nitrogens is 1. The van der Waals surface area contributed by atoms with Gasteiger partial charge in [-0.25, -0.2) is 4.98 Å². The Morgan fingerprint density at radius 2 is 1.71 bits per heavy atom. The molecule has 0 amide bonds. The smallest absolute Gasteiger partial charge is 0.243 e. The highest BCUT2D eigenvalue weighted by Crippen LogP contribution is 2.29. The van der Waals surface area contributed by atoms with E-state index in [1.807, 2.05) is 54.6 Å². The number of fused-ring (bicyclic) bond motifs is 1. The van der Waals surface area contributed by atoms with Crippen LogP contribution in [0.2, 0.25) is 0 Å². The number of nitrogens with zero attached hydrogens (tertiary/aromatic N) is 4. The molecule has 0 atom stereocenters. The van der Waals surface area contributed by atoms with Crippen LogP contribution in [0.5, 0.6) is 5.75 Å². The topological polar surface area (TPSA) is 88.6 Å². The van der Waals surface area contributed by atoms with Gasteiger partial charge in [0, 0.05) is 11.1 Å². The molecule has 0 aliphatic rings. The maximum absolute atomic E-state index is 5.43. The molecule has 7 heteroatoms. The molecule has 2 N–H and O–H groups in total. The third kappa shape index (κ3) is 3.81. The van der Waals surface area contributed by atoms with E-state index < -0.39 is 0 Å². The van der Waals surface area contributed by atoms with E-state index in [9.17, 15) is 0 Å². The lowest BCUT2D eigenvalue weighted by Crippen LogP contribution is -2.05. The minimum absolute atomic E-state index is 0.457. The third-order valence-corrected chi connectivity index (χ3v) is 5.08. The number of nitrogens with one attached hydrogen (secondary N) is 2. The Morgan fingerprint density at radius 1 is 0.903 bits per heavy atom. The minimum Gasteiger partial charge on any atom is -0.496 e. The molecular weight excluding hydrogens is 388 g/mol. The second kappa shape index (κ2) is 8.23. The molecule has 3 aromatic carbocycles. The first-order valence-electron chi connectivity index (χ1n) is 9.91.